The Morgan fingerprint density at radius 3 is 1.96 bits per heavy atom. The monoisotopic (exact) mass is 328 g/mol. The van der Waals surface area contributed by atoms with Crippen LogP contribution in [0.3, 0.4) is 0 Å². The zero-order chi connectivity index (χ0) is 17.1. The summed E-state index contributed by atoms with van der Waals surface area (Å²) in [6, 6.07) is 26.4. The molecule has 25 heavy (non-hydrogen) atoms. The minimum atomic E-state index is -0.281. The zero-order valence-corrected chi connectivity index (χ0v) is 13.4. The van der Waals surface area contributed by atoms with Crippen molar-refractivity contribution in [3.05, 3.63) is 84.9 Å². The maximum absolute atomic E-state index is 12.9. The molecule has 5 nitrogen and oxygen atoms in total. The SMILES string of the molecule is O=C(Nc1nc2ccccc2[nH]1)N(c1ccccc1)c1ccccc1. The molecule has 0 atom stereocenters. The molecule has 1 heterocycles. The van der Waals surface area contributed by atoms with Gasteiger partial charge >= 0.3 is 6.03 Å². The molecule has 0 aliphatic heterocycles. The van der Waals surface area contributed by atoms with Crippen molar-refractivity contribution in [2.24, 2.45) is 0 Å². The van der Waals surface area contributed by atoms with Gasteiger partial charge in [-0.2, -0.15) is 0 Å². The number of hydrogen-bond donors (Lipinski definition) is 2. The molecule has 4 rings (SSSR count). The number of H-pyrrole nitrogens is 1. The smallest absolute Gasteiger partial charge is 0.324 e. The molecule has 2 amide bonds. The predicted molar refractivity (Wildman–Crippen MR) is 100 cm³/mol. The molecule has 0 saturated carbocycles. The van der Waals surface area contributed by atoms with Crippen molar-refractivity contribution in [2.75, 3.05) is 10.2 Å². The summed E-state index contributed by atoms with van der Waals surface area (Å²) in [5, 5.41) is 2.85. The fraction of sp³-hybridized carbons (Fsp3) is 0. The Hall–Kier alpha value is -3.60. The highest BCUT2D eigenvalue weighted by atomic mass is 16.2. The van der Waals surface area contributed by atoms with Crippen LogP contribution >= 0.6 is 0 Å². The average Bonchev–Trinajstić information content (AvgIpc) is 3.06. The number of rotatable bonds is 3. The molecule has 1 aromatic heterocycles. The van der Waals surface area contributed by atoms with E-state index >= 15 is 0 Å². The summed E-state index contributed by atoms with van der Waals surface area (Å²) in [6.07, 6.45) is 0. The minimum absolute atomic E-state index is 0.281. The van der Waals surface area contributed by atoms with Crippen LogP contribution in [-0.2, 0) is 0 Å². The molecule has 0 spiro atoms. The van der Waals surface area contributed by atoms with E-state index in [-0.39, 0.29) is 6.03 Å². The summed E-state index contributed by atoms with van der Waals surface area (Å²) in [5.74, 6) is 0.420. The van der Waals surface area contributed by atoms with Crippen LogP contribution < -0.4 is 10.2 Å². The van der Waals surface area contributed by atoms with Gasteiger partial charge in [0, 0.05) is 0 Å². The standard InChI is InChI=1S/C20H16N4O/c25-20(23-19-21-17-13-7-8-14-18(17)22-19)24(15-9-3-1-4-10-15)16-11-5-2-6-12-16/h1-14H,(H2,21,22,23,25). The summed E-state index contributed by atoms with van der Waals surface area (Å²) in [6.45, 7) is 0. The number of urea groups is 1. The lowest BCUT2D eigenvalue weighted by molar-refractivity contribution is 0.259. The third-order valence-corrected chi connectivity index (χ3v) is 3.85. The van der Waals surface area contributed by atoms with Gasteiger partial charge in [0.05, 0.1) is 22.4 Å². The second-order valence-corrected chi connectivity index (χ2v) is 5.54. The zero-order valence-electron chi connectivity index (χ0n) is 13.4. The Morgan fingerprint density at radius 2 is 1.36 bits per heavy atom. The van der Waals surface area contributed by atoms with Crippen molar-refractivity contribution in [3.63, 3.8) is 0 Å². The van der Waals surface area contributed by atoms with Crippen molar-refractivity contribution in [1.29, 1.82) is 0 Å². The number of benzene rings is 3. The fourth-order valence-corrected chi connectivity index (χ4v) is 2.71. The second kappa shape index (κ2) is 6.49. The molecule has 3 aromatic carbocycles. The Bertz CT molecular complexity index is 923. The van der Waals surface area contributed by atoms with Gasteiger partial charge in [-0.05, 0) is 36.4 Å². The number of hydrogen-bond acceptors (Lipinski definition) is 2. The molecule has 0 unspecified atom stereocenters. The highest BCUT2D eigenvalue weighted by Crippen LogP contribution is 2.26. The number of nitrogens with zero attached hydrogens (tertiary/aromatic N) is 2. The number of carbonyl (C=O) groups excluding carboxylic acids is 1. The minimum Gasteiger partial charge on any atom is -0.324 e. The first-order valence-corrected chi connectivity index (χ1v) is 7.97. The van der Waals surface area contributed by atoms with Crippen LogP contribution in [0, 0.1) is 0 Å². The van der Waals surface area contributed by atoms with Crippen molar-refractivity contribution in [1.82, 2.24) is 9.97 Å². The summed E-state index contributed by atoms with van der Waals surface area (Å²) in [4.78, 5) is 22.1. The summed E-state index contributed by atoms with van der Waals surface area (Å²) in [7, 11) is 0. The Morgan fingerprint density at radius 1 is 0.800 bits per heavy atom. The second-order valence-electron chi connectivity index (χ2n) is 5.54. The van der Waals surface area contributed by atoms with Gasteiger partial charge in [-0.1, -0.05) is 48.5 Å². The molecular weight excluding hydrogens is 312 g/mol. The van der Waals surface area contributed by atoms with E-state index in [2.05, 4.69) is 15.3 Å². The van der Waals surface area contributed by atoms with Gasteiger partial charge in [0.1, 0.15) is 0 Å². The van der Waals surface area contributed by atoms with Crippen molar-refractivity contribution in [2.45, 2.75) is 0 Å². The summed E-state index contributed by atoms with van der Waals surface area (Å²) < 4.78 is 0. The van der Waals surface area contributed by atoms with E-state index in [1.165, 1.54) is 0 Å². The summed E-state index contributed by atoms with van der Waals surface area (Å²) >= 11 is 0. The maximum atomic E-state index is 12.9. The van der Waals surface area contributed by atoms with Crippen LogP contribution in [0.1, 0.15) is 0 Å². The third-order valence-electron chi connectivity index (χ3n) is 3.85. The Kier molecular flexibility index (Phi) is 3.88. The van der Waals surface area contributed by atoms with E-state index in [1.807, 2.05) is 84.9 Å². The first-order chi connectivity index (χ1) is 12.3. The third kappa shape index (κ3) is 3.07. The lowest BCUT2D eigenvalue weighted by atomic mass is 10.2. The first kappa shape index (κ1) is 15.0. The predicted octanol–water partition coefficient (Wildman–Crippen LogP) is 4.93. The largest absolute Gasteiger partial charge is 0.333 e. The number of imidazole rings is 1. The number of fused-ring (bicyclic) bond motifs is 1. The van der Waals surface area contributed by atoms with Crippen LogP contribution in [0.5, 0.6) is 0 Å². The van der Waals surface area contributed by atoms with Gasteiger partial charge < -0.3 is 4.98 Å². The first-order valence-electron chi connectivity index (χ1n) is 7.97. The Balaban J connectivity index is 1.68. The molecule has 0 aliphatic carbocycles. The van der Waals surface area contributed by atoms with E-state index in [0.29, 0.717) is 5.95 Å². The van der Waals surface area contributed by atoms with Gasteiger partial charge in [-0.15, -0.1) is 0 Å². The molecule has 0 aliphatic rings. The van der Waals surface area contributed by atoms with Gasteiger partial charge in [-0.25, -0.2) is 9.78 Å². The van der Waals surface area contributed by atoms with Gasteiger partial charge in [0.15, 0.2) is 0 Å². The quantitative estimate of drug-likeness (QED) is 0.560. The number of aromatic amines is 1. The molecule has 0 saturated heterocycles. The van der Waals surface area contributed by atoms with Crippen LogP contribution in [0.25, 0.3) is 11.0 Å². The molecule has 0 bridgehead atoms. The number of para-hydroxylation sites is 4. The van der Waals surface area contributed by atoms with E-state index in [0.717, 1.165) is 22.4 Å². The maximum Gasteiger partial charge on any atom is 0.333 e. The number of amides is 2. The number of nitrogens with one attached hydrogen (secondary N) is 2. The summed E-state index contributed by atoms with van der Waals surface area (Å²) in [5.41, 5.74) is 3.25. The van der Waals surface area contributed by atoms with E-state index in [9.17, 15) is 4.79 Å². The normalized spacial score (nSPS) is 10.6. The Labute approximate surface area is 144 Å². The molecule has 5 heteroatoms. The van der Waals surface area contributed by atoms with Gasteiger partial charge in [0.25, 0.3) is 0 Å². The van der Waals surface area contributed by atoms with Crippen LogP contribution in [-0.4, -0.2) is 16.0 Å². The van der Waals surface area contributed by atoms with Crippen molar-refractivity contribution in [3.8, 4) is 0 Å². The number of aromatic nitrogens is 2. The highest BCUT2D eigenvalue weighted by molar-refractivity contribution is 6.06. The van der Waals surface area contributed by atoms with E-state index < -0.39 is 0 Å². The molecule has 2 N–H and O–H groups in total. The van der Waals surface area contributed by atoms with Crippen LogP contribution in [0.15, 0.2) is 84.9 Å². The molecule has 122 valence electrons. The van der Waals surface area contributed by atoms with E-state index in [4.69, 9.17) is 0 Å². The molecule has 0 fully saturated rings. The molecule has 0 radical (unpaired) electrons. The number of anilines is 3. The lowest BCUT2D eigenvalue weighted by Crippen LogP contribution is -2.31. The van der Waals surface area contributed by atoms with Gasteiger partial charge in [-0.3, -0.25) is 10.2 Å². The lowest BCUT2D eigenvalue weighted by Gasteiger charge is -2.22. The van der Waals surface area contributed by atoms with Crippen LogP contribution in [0.2, 0.25) is 0 Å². The van der Waals surface area contributed by atoms with Gasteiger partial charge in [0.2, 0.25) is 5.95 Å². The van der Waals surface area contributed by atoms with Crippen LogP contribution in [0.4, 0.5) is 22.1 Å². The average molecular weight is 328 g/mol. The topological polar surface area (TPSA) is 61.0 Å². The highest BCUT2D eigenvalue weighted by Gasteiger charge is 2.19. The number of carbonyl (C=O) groups is 1. The fourth-order valence-electron chi connectivity index (χ4n) is 2.71. The van der Waals surface area contributed by atoms with Crippen molar-refractivity contribution < 1.29 is 4.79 Å². The molecule has 4 aromatic rings. The van der Waals surface area contributed by atoms with Crippen molar-refractivity contribution >= 4 is 34.4 Å². The molecular formula is C20H16N4O. The van der Waals surface area contributed by atoms with E-state index in [1.54, 1.807) is 4.90 Å².